The first-order chi connectivity index (χ1) is 7.72. The number of hydrogen-bond donors (Lipinski definition) is 0. The van der Waals surface area contributed by atoms with E-state index in [4.69, 9.17) is 5.26 Å². The Kier molecular flexibility index (Phi) is 4.08. The van der Waals surface area contributed by atoms with E-state index in [1.54, 1.807) is 0 Å². The summed E-state index contributed by atoms with van der Waals surface area (Å²) in [7, 11) is 0. The molecule has 0 aliphatic carbocycles. The molecule has 0 unspecified atom stereocenters. The van der Waals surface area contributed by atoms with Gasteiger partial charge in [-0.3, -0.25) is 0 Å². The highest BCUT2D eigenvalue weighted by Gasteiger charge is 2.02. The van der Waals surface area contributed by atoms with Crippen molar-refractivity contribution in [2.75, 3.05) is 0 Å². The van der Waals surface area contributed by atoms with Gasteiger partial charge in [0.2, 0.25) is 0 Å². The van der Waals surface area contributed by atoms with Gasteiger partial charge in [-0.1, -0.05) is 43.7 Å². The summed E-state index contributed by atoms with van der Waals surface area (Å²) < 4.78 is 0. The summed E-state index contributed by atoms with van der Waals surface area (Å²) in [5.74, 6) is 0. The number of nitrogens with zero attached hydrogens (tertiary/aromatic N) is 1. The second-order valence-corrected chi connectivity index (χ2v) is 3.57. The van der Waals surface area contributed by atoms with E-state index >= 15 is 0 Å². The zero-order valence-corrected chi connectivity index (χ0v) is 10.3. The summed E-state index contributed by atoms with van der Waals surface area (Å²) in [5, 5.41) is 11.3. The van der Waals surface area contributed by atoms with Crippen LogP contribution in [0.15, 0.2) is 30.3 Å². The van der Waals surface area contributed by atoms with Crippen LogP contribution in [-0.4, -0.2) is 0 Å². The van der Waals surface area contributed by atoms with Crippen LogP contribution in [0.1, 0.15) is 30.5 Å². The van der Waals surface area contributed by atoms with Crippen molar-refractivity contribution in [1.82, 2.24) is 0 Å². The van der Waals surface area contributed by atoms with Crippen LogP contribution in [0.2, 0.25) is 0 Å². The lowest BCUT2D eigenvalue weighted by Gasteiger charge is -2.04. The molecule has 82 valence electrons. The quantitative estimate of drug-likeness (QED) is 0.635. The van der Waals surface area contributed by atoms with Gasteiger partial charge in [0.25, 0.3) is 0 Å². The van der Waals surface area contributed by atoms with E-state index < -0.39 is 0 Å². The Bertz CT molecular complexity index is 533. The van der Waals surface area contributed by atoms with Crippen molar-refractivity contribution in [2.24, 2.45) is 0 Å². The number of benzene rings is 2. The second kappa shape index (κ2) is 5.32. The summed E-state index contributed by atoms with van der Waals surface area (Å²) in [4.78, 5) is 0. The Hall–Kier alpha value is -1.81. The predicted molar refractivity (Wildman–Crippen MR) is 69.5 cm³/mol. The fraction of sp³-hybridized carbons (Fsp3) is 0.267. The Labute approximate surface area is 97.3 Å². The van der Waals surface area contributed by atoms with Crippen LogP contribution in [0.4, 0.5) is 0 Å². The lowest BCUT2D eigenvalue weighted by molar-refractivity contribution is 1.42. The maximum absolute atomic E-state index is 8.88. The molecule has 0 saturated carbocycles. The molecule has 2 aromatic rings. The average molecular weight is 211 g/mol. The molecule has 0 aromatic heterocycles. The van der Waals surface area contributed by atoms with Crippen molar-refractivity contribution in [3.63, 3.8) is 0 Å². The van der Waals surface area contributed by atoms with Gasteiger partial charge >= 0.3 is 0 Å². The molecule has 0 aliphatic heterocycles. The maximum atomic E-state index is 8.88. The van der Waals surface area contributed by atoms with Crippen molar-refractivity contribution in [3.05, 3.63) is 47.0 Å². The molecule has 0 amide bonds. The predicted octanol–water partition coefficient (Wildman–Crippen LogP) is 4.35. The first-order valence-electron chi connectivity index (χ1n) is 5.62. The monoisotopic (exact) mass is 211 g/mol. The minimum atomic E-state index is 0.765. The standard InChI is InChI=1S/C13H11N.C2H6/c1-9-3-6-13-10(2)12(8-14)5-4-11(13)7-9;1-2/h3-7H,1-2H3;1-2H3. The van der Waals surface area contributed by atoms with E-state index in [0.29, 0.717) is 0 Å². The number of rotatable bonds is 0. The van der Waals surface area contributed by atoms with Gasteiger partial charge in [0.05, 0.1) is 11.6 Å². The highest BCUT2D eigenvalue weighted by Crippen LogP contribution is 2.22. The topological polar surface area (TPSA) is 23.8 Å². The number of fused-ring (bicyclic) bond motifs is 1. The van der Waals surface area contributed by atoms with Crippen molar-refractivity contribution >= 4 is 10.8 Å². The first kappa shape index (κ1) is 12.3. The van der Waals surface area contributed by atoms with Crippen LogP contribution in [-0.2, 0) is 0 Å². The molecule has 0 saturated heterocycles. The van der Waals surface area contributed by atoms with Crippen molar-refractivity contribution in [2.45, 2.75) is 27.7 Å². The molecule has 0 N–H and O–H groups in total. The smallest absolute Gasteiger partial charge is 0.0994 e. The van der Waals surface area contributed by atoms with Crippen LogP contribution in [0.25, 0.3) is 10.8 Å². The summed E-state index contributed by atoms with van der Waals surface area (Å²) in [6.07, 6.45) is 0. The molecule has 0 bridgehead atoms. The lowest BCUT2D eigenvalue weighted by atomic mass is 9.99. The average Bonchev–Trinajstić information content (AvgIpc) is 2.32. The largest absolute Gasteiger partial charge is 0.192 e. The first-order valence-corrected chi connectivity index (χ1v) is 5.62. The van der Waals surface area contributed by atoms with Gasteiger partial charge in [0.1, 0.15) is 0 Å². The minimum Gasteiger partial charge on any atom is -0.192 e. The minimum absolute atomic E-state index is 0.765. The highest BCUT2D eigenvalue weighted by molar-refractivity contribution is 5.87. The molecule has 0 spiro atoms. The molecule has 0 radical (unpaired) electrons. The van der Waals surface area contributed by atoms with Crippen molar-refractivity contribution in [1.29, 1.82) is 5.26 Å². The normalized spacial score (nSPS) is 9.19. The van der Waals surface area contributed by atoms with E-state index in [1.807, 2.05) is 32.9 Å². The molecule has 0 heterocycles. The zero-order valence-electron chi connectivity index (χ0n) is 10.3. The van der Waals surface area contributed by atoms with Crippen LogP contribution in [0, 0.1) is 25.2 Å². The van der Waals surface area contributed by atoms with E-state index in [-0.39, 0.29) is 0 Å². The molecular weight excluding hydrogens is 194 g/mol. The van der Waals surface area contributed by atoms with Gasteiger partial charge in [0.15, 0.2) is 0 Å². The van der Waals surface area contributed by atoms with Gasteiger partial charge in [0, 0.05) is 0 Å². The fourth-order valence-corrected chi connectivity index (χ4v) is 1.73. The van der Waals surface area contributed by atoms with Gasteiger partial charge < -0.3 is 0 Å². The van der Waals surface area contributed by atoms with Gasteiger partial charge in [-0.15, -0.1) is 0 Å². The van der Waals surface area contributed by atoms with Crippen LogP contribution >= 0.6 is 0 Å². The Balaban J connectivity index is 0.000000606. The third-order valence-electron chi connectivity index (χ3n) is 2.57. The SMILES string of the molecule is CC.Cc1ccc2c(C)c(C#N)ccc2c1. The molecule has 0 aliphatic rings. The second-order valence-electron chi connectivity index (χ2n) is 3.57. The van der Waals surface area contributed by atoms with E-state index in [0.717, 1.165) is 11.1 Å². The molecule has 1 nitrogen and oxygen atoms in total. The fourth-order valence-electron chi connectivity index (χ4n) is 1.73. The summed E-state index contributed by atoms with van der Waals surface area (Å²) in [5.41, 5.74) is 3.09. The van der Waals surface area contributed by atoms with Crippen LogP contribution < -0.4 is 0 Å². The van der Waals surface area contributed by atoms with Crippen molar-refractivity contribution < 1.29 is 0 Å². The number of hydrogen-bond acceptors (Lipinski definition) is 1. The third-order valence-corrected chi connectivity index (χ3v) is 2.57. The van der Waals surface area contributed by atoms with Crippen LogP contribution in [0.5, 0.6) is 0 Å². The van der Waals surface area contributed by atoms with Gasteiger partial charge in [-0.2, -0.15) is 5.26 Å². The van der Waals surface area contributed by atoms with Gasteiger partial charge in [-0.25, -0.2) is 0 Å². The number of nitriles is 1. The summed E-state index contributed by atoms with van der Waals surface area (Å²) in [6, 6.07) is 12.4. The zero-order chi connectivity index (χ0) is 12.1. The molecule has 16 heavy (non-hydrogen) atoms. The van der Waals surface area contributed by atoms with E-state index in [2.05, 4.69) is 31.2 Å². The van der Waals surface area contributed by atoms with Gasteiger partial charge in [-0.05, 0) is 36.2 Å². The Morgan fingerprint density at radius 3 is 2.31 bits per heavy atom. The summed E-state index contributed by atoms with van der Waals surface area (Å²) in [6.45, 7) is 8.07. The van der Waals surface area contributed by atoms with E-state index in [1.165, 1.54) is 16.3 Å². The molecule has 2 aromatic carbocycles. The Morgan fingerprint density at radius 2 is 1.69 bits per heavy atom. The maximum Gasteiger partial charge on any atom is 0.0994 e. The third kappa shape index (κ3) is 2.23. The van der Waals surface area contributed by atoms with Crippen LogP contribution in [0.3, 0.4) is 0 Å². The summed E-state index contributed by atoms with van der Waals surface area (Å²) >= 11 is 0. The molecule has 0 atom stereocenters. The number of aryl methyl sites for hydroxylation is 2. The molecular formula is C15H17N. The lowest BCUT2D eigenvalue weighted by Crippen LogP contribution is -1.85. The Morgan fingerprint density at radius 1 is 1.00 bits per heavy atom. The molecule has 1 heteroatoms. The molecule has 0 fully saturated rings. The van der Waals surface area contributed by atoms with E-state index in [9.17, 15) is 0 Å². The van der Waals surface area contributed by atoms with Crippen molar-refractivity contribution in [3.8, 4) is 6.07 Å². The molecule has 2 rings (SSSR count). The highest BCUT2D eigenvalue weighted by atomic mass is 14.2.